The minimum atomic E-state index is -0.988. The summed E-state index contributed by atoms with van der Waals surface area (Å²) in [4.78, 5) is 27.1. The first-order valence-corrected chi connectivity index (χ1v) is 11.2. The second kappa shape index (κ2) is 7.49. The van der Waals surface area contributed by atoms with E-state index in [1.807, 2.05) is 69.3 Å². The highest BCUT2D eigenvalue weighted by Crippen LogP contribution is 2.58. The summed E-state index contributed by atoms with van der Waals surface area (Å²) in [7, 11) is 0. The van der Waals surface area contributed by atoms with Crippen LogP contribution in [0.15, 0.2) is 60.7 Å². The molecule has 3 aromatic rings. The molecule has 4 nitrogen and oxygen atoms in total. The predicted octanol–water partition coefficient (Wildman–Crippen LogP) is 5.50. The van der Waals surface area contributed by atoms with Gasteiger partial charge in [0.2, 0.25) is 11.8 Å². The fourth-order valence-electron chi connectivity index (χ4n) is 5.69. The summed E-state index contributed by atoms with van der Waals surface area (Å²) in [6.45, 7) is 6.10. The van der Waals surface area contributed by atoms with Crippen molar-refractivity contribution in [1.82, 2.24) is 5.32 Å². The molecule has 162 valence electrons. The zero-order valence-corrected chi connectivity index (χ0v) is 19.1. The molecule has 0 aliphatic carbocycles. The Morgan fingerprint density at radius 1 is 0.938 bits per heavy atom. The van der Waals surface area contributed by atoms with E-state index in [9.17, 15) is 9.59 Å². The molecular formula is C27H25ClN2O2. The summed E-state index contributed by atoms with van der Waals surface area (Å²) < 4.78 is 0. The summed E-state index contributed by atoms with van der Waals surface area (Å²) in [6, 6.07) is 19.3. The molecule has 0 unspecified atom stereocenters. The zero-order valence-electron chi connectivity index (χ0n) is 18.3. The number of halogens is 1. The van der Waals surface area contributed by atoms with Crippen molar-refractivity contribution in [2.45, 2.75) is 44.6 Å². The van der Waals surface area contributed by atoms with E-state index in [4.69, 9.17) is 11.6 Å². The molecule has 2 aliphatic rings. The summed E-state index contributed by atoms with van der Waals surface area (Å²) in [6.07, 6.45) is 0.236. The zero-order chi connectivity index (χ0) is 22.6. The van der Waals surface area contributed by atoms with Gasteiger partial charge in [0.15, 0.2) is 0 Å². The van der Waals surface area contributed by atoms with Crippen LogP contribution in [0.25, 0.3) is 0 Å². The average Bonchev–Trinajstić information content (AvgIpc) is 3.01. The molecule has 0 aromatic heterocycles. The molecular weight excluding hydrogens is 420 g/mol. The highest BCUT2D eigenvalue weighted by Gasteiger charge is 2.61. The maximum absolute atomic E-state index is 14.0. The van der Waals surface area contributed by atoms with Crippen LogP contribution < -0.4 is 10.6 Å². The van der Waals surface area contributed by atoms with E-state index < -0.39 is 11.5 Å². The summed E-state index contributed by atoms with van der Waals surface area (Å²) >= 11 is 6.28. The Morgan fingerprint density at radius 2 is 1.66 bits per heavy atom. The van der Waals surface area contributed by atoms with Crippen molar-refractivity contribution in [3.8, 4) is 0 Å². The van der Waals surface area contributed by atoms with Crippen molar-refractivity contribution < 1.29 is 9.59 Å². The Morgan fingerprint density at radius 3 is 2.38 bits per heavy atom. The van der Waals surface area contributed by atoms with Gasteiger partial charge in [-0.2, -0.15) is 0 Å². The minimum absolute atomic E-state index is 0.0509. The first kappa shape index (κ1) is 20.8. The van der Waals surface area contributed by atoms with Crippen LogP contribution in [0, 0.1) is 20.8 Å². The second-order valence-electron chi connectivity index (χ2n) is 8.99. The van der Waals surface area contributed by atoms with E-state index in [2.05, 4.69) is 16.7 Å². The molecule has 2 N–H and O–H groups in total. The van der Waals surface area contributed by atoms with E-state index in [1.165, 1.54) is 0 Å². The largest absolute Gasteiger partial charge is 0.348 e. The van der Waals surface area contributed by atoms with Crippen molar-refractivity contribution in [3.63, 3.8) is 0 Å². The Bertz CT molecular complexity index is 1250. The van der Waals surface area contributed by atoms with Crippen molar-refractivity contribution in [1.29, 1.82) is 0 Å². The maximum atomic E-state index is 14.0. The molecule has 0 saturated carbocycles. The molecule has 32 heavy (non-hydrogen) atoms. The van der Waals surface area contributed by atoms with Crippen LogP contribution in [0.4, 0.5) is 5.69 Å². The predicted molar refractivity (Wildman–Crippen MR) is 127 cm³/mol. The SMILES string of the molecule is Cc1cccc([C@@H]2CC(=O)N[C@H](c3c(C)cccc3C)[C@@]23C(=O)Nc2cc(Cl)ccc23)c1. The molecule has 1 spiro atoms. The standard InChI is InChI=1S/C27H25ClN2O2/c1-15-6-4-9-18(12-15)21-14-23(31)30-25(24-16(2)7-5-8-17(24)3)27(21)20-11-10-19(28)13-22(20)29-26(27)32/h4-13,21,25H,14H2,1-3H3,(H,29,32)(H,30,31)/t21-,25+,27-/m0/s1. The van der Waals surface area contributed by atoms with Crippen molar-refractivity contribution in [2.75, 3.05) is 5.32 Å². The number of aryl methyl sites for hydroxylation is 3. The third kappa shape index (κ3) is 2.97. The number of hydrogen-bond donors (Lipinski definition) is 2. The third-order valence-corrected chi connectivity index (χ3v) is 7.26. The number of carbonyl (C=O) groups excluding carboxylic acids is 2. The smallest absolute Gasteiger partial charge is 0.238 e. The van der Waals surface area contributed by atoms with Gasteiger partial charge >= 0.3 is 0 Å². The van der Waals surface area contributed by atoms with Gasteiger partial charge in [0, 0.05) is 23.0 Å². The average molecular weight is 445 g/mol. The van der Waals surface area contributed by atoms with Gasteiger partial charge in [-0.05, 0) is 60.7 Å². The highest BCUT2D eigenvalue weighted by atomic mass is 35.5. The highest BCUT2D eigenvalue weighted by molar-refractivity contribution is 6.31. The summed E-state index contributed by atoms with van der Waals surface area (Å²) in [5, 5.41) is 6.87. The van der Waals surface area contributed by atoms with Gasteiger partial charge in [-0.1, -0.05) is 65.7 Å². The van der Waals surface area contributed by atoms with Gasteiger partial charge in [0.05, 0.1) is 6.04 Å². The first-order valence-electron chi connectivity index (χ1n) is 10.9. The first-order chi connectivity index (χ1) is 15.3. The molecule has 5 rings (SSSR count). The van der Waals surface area contributed by atoms with E-state index in [0.717, 1.165) is 33.4 Å². The fraction of sp³-hybridized carbons (Fsp3) is 0.259. The van der Waals surface area contributed by atoms with Crippen molar-refractivity contribution >= 4 is 29.1 Å². The van der Waals surface area contributed by atoms with Gasteiger partial charge in [-0.15, -0.1) is 0 Å². The van der Waals surface area contributed by atoms with Crippen LogP contribution in [0.1, 0.15) is 51.8 Å². The topological polar surface area (TPSA) is 58.2 Å². The van der Waals surface area contributed by atoms with Crippen LogP contribution in [0.2, 0.25) is 5.02 Å². The number of benzene rings is 3. The van der Waals surface area contributed by atoms with E-state index in [1.54, 1.807) is 6.07 Å². The van der Waals surface area contributed by atoms with Crippen LogP contribution in [-0.4, -0.2) is 11.8 Å². The lowest BCUT2D eigenvalue weighted by molar-refractivity contribution is -0.131. The minimum Gasteiger partial charge on any atom is -0.348 e. The molecule has 3 atom stereocenters. The van der Waals surface area contributed by atoms with Crippen LogP contribution >= 0.6 is 11.6 Å². The summed E-state index contributed by atoms with van der Waals surface area (Å²) in [5.74, 6) is -0.471. The molecule has 0 radical (unpaired) electrons. The van der Waals surface area contributed by atoms with E-state index in [-0.39, 0.29) is 24.2 Å². The monoisotopic (exact) mass is 444 g/mol. The van der Waals surface area contributed by atoms with Crippen LogP contribution in [0.3, 0.4) is 0 Å². The lowest BCUT2D eigenvalue weighted by Crippen LogP contribution is -2.57. The molecule has 2 amide bonds. The van der Waals surface area contributed by atoms with Crippen molar-refractivity contribution in [3.05, 3.63) is 99.1 Å². The number of anilines is 1. The molecule has 2 heterocycles. The van der Waals surface area contributed by atoms with E-state index >= 15 is 0 Å². The van der Waals surface area contributed by atoms with Gasteiger partial charge < -0.3 is 10.6 Å². The third-order valence-electron chi connectivity index (χ3n) is 7.03. The summed E-state index contributed by atoms with van der Waals surface area (Å²) in [5.41, 5.74) is 5.80. The number of piperidine rings is 1. The lowest BCUT2D eigenvalue weighted by Gasteiger charge is -2.47. The van der Waals surface area contributed by atoms with Crippen LogP contribution in [0.5, 0.6) is 0 Å². The Hall–Kier alpha value is -3.11. The lowest BCUT2D eigenvalue weighted by atomic mass is 9.58. The maximum Gasteiger partial charge on any atom is 0.238 e. The Balaban J connectivity index is 1.85. The number of nitrogens with one attached hydrogen (secondary N) is 2. The molecule has 5 heteroatoms. The number of carbonyl (C=O) groups is 2. The molecule has 2 aliphatic heterocycles. The number of fused-ring (bicyclic) bond motifs is 2. The van der Waals surface area contributed by atoms with E-state index in [0.29, 0.717) is 10.7 Å². The molecule has 1 fully saturated rings. The number of amides is 2. The Kier molecular flexibility index (Phi) is 4.86. The van der Waals surface area contributed by atoms with Gasteiger partial charge in [0.25, 0.3) is 0 Å². The van der Waals surface area contributed by atoms with Gasteiger partial charge in [0.1, 0.15) is 5.41 Å². The Labute approximate surface area is 193 Å². The van der Waals surface area contributed by atoms with Crippen LogP contribution in [-0.2, 0) is 15.0 Å². The molecule has 0 bridgehead atoms. The quantitative estimate of drug-likeness (QED) is 0.548. The molecule has 1 saturated heterocycles. The van der Waals surface area contributed by atoms with Gasteiger partial charge in [-0.3, -0.25) is 9.59 Å². The number of rotatable bonds is 2. The molecule has 3 aromatic carbocycles. The normalized spacial score (nSPS) is 24.2. The van der Waals surface area contributed by atoms with Crippen molar-refractivity contribution in [2.24, 2.45) is 0 Å². The number of hydrogen-bond acceptors (Lipinski definition) is 2. The van der Waals surface area contributed by atoms with Gasteiger partial charge in [-0.25, -0.2) is 0 Å². The second-order valence-corrected chi connectivity index (χ2v) is 9.43. The fourth-order valence-corrected chi connectivity index (χ4v) is 5.86.